The molecule has 2 fully saturated rings. The minimum Gasteiger partial charge on any atom is -0.481 e. The van der Waals surface area contributed by atoms with Crippen molar-refractivity contribution in [3.05, 3.63) is 0 Å². The third-order valence-electron chi connectivity index (χ3n) is 3.89. The van der Waals surface area contributed by atoms with Crippen LogP contribution >= 0.6 is 0 Å². The molecule has 0 aliphatic carbocycles. The molecule has 1 atom stereocenters. The van der Waals surface area contributed by atoms with Gasteiger partial charge in [-0.25, -0.2) is 4.79 Å². The van der Waals surface area contributed by atoms with Gasteiger partial charge in [0.25, 0.3) is 0 Å². The van der Waals surface area contributed by atoms with Crippen LogP contribution in [0.5, 0.6) is 0 Å². The van der Waals surface area contributed by atoms with Gasteiger partial charge in [0, 0.05) is 51.7 Å². The van der Waals surface area contributed by atoms with Crippen molar-refractivity contribution in [2.75, 3.05) is 39.3 Å². The minimum absolute atomic E-state index is 0.000222. The van der Waals surface area contributed by atoms with Gasteiger partial charge in [-0.15, -0.1) is 0 Å². The maximum atomic E-state index is 12.1. The first-order valence-electron chi connectivity index (χ1n) is 7.31. The monoisotopic (exact) mass is 298 g/mol. The van der Waals surface area contributed by atoms with E-state index >= 15 is 0 Å². The van der Waals surface area contributed by atoms with Gasteiger partial charge in [0.2, 0.25) is 5.91 Å². The SMILES string of the molecule is O=C(O)CCN1CCN(C(=O)NC2CCC(=O)NC2)CC1. The number of piperidine rings is 1. The second-order valence-electron chi connectivity index (χ2n) is 5.46. The van der Waals surface area contributed by atoms with E-state index in [2.05, 4.69) is 15.5 Å². The second-order valence-corrected chi connectivity index (χ2v) is 5.46. The molecule has 0 bridgehead atoms. The molecule has 3 amide bonds. The molecular formula is C13H22N4O4. The van der Waals surface area contributed by atoms with Gasteiger partial charge in [-0.2, -0.15) is 0 Å². The summed E-state index contributed by atoms with van der Waals surface area (Å²) >= 11 is 0. The first-order chi connectivity index (χ1) is 10.0. The molecule has 2 aliphatic heterocycles. The van der Waals surface area contributed by atoms with Crippen LogP contribution in [0.2, 0.25) is 0 Å². The average Bonchev–Trinajstić information content (AvgIpc) is 2.48. The van der Waals surface area contributed by atoms with Crippen LogP contribution in [-0.4, -0.2) is 78.1 Å². The van der Waals surface area contributed by atoms with Crippen molar-refractivity contribution >= 4 is 17.9 Å². The van der Waals surface area contributed by atoms with Crippen LogP contribution in [0.1, 0.15) is 19.3 Å². The van der Waals surface area contributed by atoms with Gasteiger partial charge in [-0.05, 0) is 6.42 Å². The van der Waals surface area contributed by atoms with E-state index in [1.807, 2.05) is 0 Å². The van der Waals surface area contributed by atoms with Crippen LogP contribution in [0, 0.1) is 0 Å². The summed E-state index contributed by atoms with van der Waals surface area (Å²) in [6, 6.07) is -0.103. The van der Waals surface area contributed by atoms with Gasteiger partial charge in [0.1, 0.15) is 0 Å². The number of nitrogens with zero attached hydrogens (tertiary/aromatic N) is 2. The zero-order valence-corrected chi connectivity index (χ0v) is 12.0. The van der Waals surface area contributed by atoms with Crippen LogP contribution in [0.3, 0.4) is 0 Å². The van der Waals surface area contributed by atoms with Crippen LogP contribution in [0.25, 0.3) is 0 Å². The fourth-order valence-electron chi connectivity index (χ4n) is 2.55. The van der Waals surface area contributed by atoms with Crippen molar-refractivity contribution in [2.45, 2.75) is 25.3 Å². The Morgan fingerprint density at radius 3 is 2.57 bits per heavy atom. The molecule has 0 aromatic carbocycles. The number of carboxylic acid groups (broad SMARTS) is 1. The molecule has 2 rings (SSSR count). The Morgan fingerprint density at radius 2 is 2.00 bits per heavy atom. The van der Waals surface area contributed by atoms with Crippen molar-refractivity contribution in [3.63, 3.8) is 0 Å². The van der Waals surface area contributed by atoms with E-state index in [0.717, 1.165) is 0 Å². The lowest BCUT2D eigenvalue weighted by Gasteiger charge is -2.35. The Kier molecular flexibility index (Phi) is 5.38. The lowest BCUT2D eigenvalue weighted by Crippen LogP contribution is -2.56. The van der Waals surface area contributed by atoms with E-state index in [4.69, 9.17) is 5.11 Å². The number of hydrogen-bond donors (Lipinski definition) is 3. The number of rotatable bonds is 4. The highest BCUT2D eigenvalue weighted by Crippen LogP contribution is 2.06. The average molecular weight is 298 g/mol. The summed E-state index contributed by atoms with van der Waals surface area (Å²) in [7, 11) is 0. The summed E-state index contributed by atoms with van der Waals surface area (Å²) in [6.45, 7) is 3.61. The largest absolute Gasteiger partial charge is 0.481 e. The fourth-order valence-corrected chi connectivity index (χ4v) is 2.55. The molecule has 2 aliphatic rings. The van der Waals surface area contributed by atoms with Crippen molar-refractivity contribution in [1.29, 1.82) is 0 Å². The molecule has 0 aromatic rings. The first-order valence-corrected chi connectivity index (χ1v) is 7.31. The van der Waals surface area contributed by atoms with Gasteiger partial charge >= 0.3 is 12.0 Å². The third kappa shape index (κ3) is 4.89. The molecule has 0 radical (unpaired) electrons. The maximum Gasteiger partial charge on any atom is 0.317 e. The highest BCUT2D eigenvalue weighted by atomic mass is 16.4. The minimum atomic E-state index is -0.797. The van der Waals surface area contributed by atoms with Crippen LogP contribution in [0.4, 0.5) is 4.79 Å². The predicted octanol–water partition coefficient (Wildman–Crippen LogP) is -0.933. The summed E-state index contributed by atoms with van der Waals surface area (Å²) in [5.41, 5.74) is 0. The number of carboxylic acids is 1. The molecule has 2 saturated heterocycles. The lowest BCUT2D eigenvalue weighted by molar-refractivity contribution is -0.137. The van der Waals surface area contributed by atoms with E-state index in [9.17, 15) is 14.4 Å². The van der Waals surface area contributed by atoms with E-state index in [1.165, 1.54) is 0 Å². The summed E-state index contributed by atoms with van der Waals surface area (Å²) < 4.78 is 0. The summed E-state index contributed by atoms with van der Waals surface area (Å²) in [5.74, 6) is -0.762. The van der Waals surface area contributed by atoms with Crippen molar-refractivity contribution in [3.8, 4) is 0 Å². The topological polar surface area (TPSA) is 102 Å². The van der Waals surface area contributed by atoms with E-state index in [0.29, 0.717) is 52.1 Å². The summed E-state index contributed by atoms with van der Waals surface area (Å²) in [6.07, 6.45) is 1.26. The molecule has 118 valence electrons. The van der Waals surface area contributed by atoms with Gasteiger partial charge in [-0.1, -0.05) is 0 Å². The molecule has 8 heteroatoms. The van der Waals surface area contributed by atoms with E-state index < -0.39 is 5.97 Å². The van der Waals surface area contributed by atoms with E-state index in [-0.39, 0.29) is 24.4 Å². The van der Waals surface area contributed by atoms with Crippen molar-refractivity contribution < 1.29 is 19.5 Å². The van der Waals surface area contributed by atoms with Crippen LogP contribution < -0.4 is 10.6 Å². The number of carbonyl (C=O) groups excluding carboxylic acids is 2. The third-order valence-corrected chi connectivity index (χ3v) is 3.89. The molecular weight excluding hydrogens is 276 g/mol. The number of piperazine rings is 1. The Morgan fingerprint density at radius 1 is 1.29 bits per heavy atom. The van der Waals surface area contributed by atoms with Gasteiger partial charge < -0.3 is 20.6 Å². The van der Waals surface area contributed by atoms with Gasteiger partial charge in [0.05, 0.1) is 6.42 Å². The quantitative estimate of drug-likeness (QED) is 0.622. The van der Waals surface area contributed by atoms with Crippen LogP contribution in [-0.2, 0) is 9.59 Å². The highest BCUT2D eigenvalue weighted by molar-refractivity contribution is 5.78. The van der Waals surface area contributed by atoms with Crippen molar-refractivity contribution in [1.82, 2.24) is 20.4 Å². The van der Waals surface area contributed by atoms with Gasteiger partial charge in [-0.3, -0.25) is 14.5 Å². The molecule has 3 N–H and O–H groups in total. The molecule has 0 spiro atoms. The Labute approximate surface area is 123 Å². The molecule has 8 nitrogen and oxygen atoms in total. The number of hydrogen-bond acceptors (Lipinski definition) is 4. The Bertz CT molecular complexity index is 397. The maximum absolute atomic E-state index is 12.1. The number of urea groups is 1. The van der Waals surface area contributed by atoms with Crippen LogP contribution in [0.15, 0.2) is 0 Å². The summed E-state index contributed by atoms with van der Waals surface area (Å²) in [5, 5.41) is 14.3. The van der Waals surface area contributed by atoms with E-state index in [1.54, 1.807) is 4.90 Å². The molecule has 0 saturated carbocycles. The number of aliphatic carboxylic acids is 1. The normalized spacial score (nSPS) is 23.5. The number of carbonyl (C=O) groups is 3. The fraction of sp³-hybridized carbons (Fsp3) is 0.769. The standard InChI is InChI=1S/C13H22N4O4/c18-11-2-1-10(9-14-11)15-13(21)17-7-5-16(6-8-17)4-3-12(19)20/h10H,1-9H2,(H,14,18)(H,15,21)(H,19,20). The predicted molar refractivity (Wildman–Crippen MR) is 74.8 cm³/mol. The summed E-state index contributed by atoms with van der Waals surface area (Å²) in [4.78, 5) is 37.5. The zero-order valence-electron chi connectivity index (χ0n) is 12.0. The molecule has 21 heavy (non-hydrogen) atoms. The molecule has 1 unspecified atom stereocenters. The first kappa shape index (κ1) is 15.6. The zero-order chi connectivity index (χ0) is 15.2. The molecule has 2 heterocycles. The van der Waals surface area contributed by atoms with Crippen molar-refractivity contribution in [2.24, 2.45) is 0 Å². The highest BCUT2D eigenvalue weighted by Gasteiger charge is 2.25. The second kappa shape index (κ2) is 7.26. The Balaban J connectivity index is 1.68. The lowest BCUT2D eigenvalue weighted by atomic mass is 10.1. The smallest absolute Gasteiger partial charge is 0.317 e. The Hall–Kier alpha value is -1.83. The number of amides is 3. The molecule has 0 aromatic heterocycles. The van der Waals surface area contributed by atoms with Gasteiger partial charge in [0.15, 0.2) is 0 Å². The number of nitrogens with one attached hydrogen (secondary N) is 2.